The molecule has 0 unspecified atom stereocenters. The van der Waals surface area contributed by atoms with Crippen LogP contribution in [0.3, 0.4) is 0 Å². The van der Waals surface area contributed by atoms with E-state index in [4.69, 9.17) is 4.74 Å². The Morgan fingerprint density at radius 2 is 2.15 bits per heavy atom. The van der Waals surface area contributed by atoms with Crippen molar-refractivity contribution < 1.29 is 19.7 Å². The quantitative estimate of drug-likeness (QED) is 0.865. The van der Waals surface area contributed by atoms with Gasteiger partial charge in [-0.05, 0) is 74.2 Å². The number of benzene rings is 1. The molecule has 0 spiro atoms. The molecule has 1 aromatic rings. The van der Waals surface area contributed by atoms with Crippen LogP contribution in [-0.2, 0) is 16.6 Å². The molecule has 1 aromatic carbocycles. The van der Waals surface area contributed by atoms with Crippen molar-refractivity contribution in [2.24, 2.45) is 11.8 Å². The first-order valence-electron chi connectivity index (χ1n) is 9.83. The first kappa shape index (κ1) is 16.6. The molecule has 5 heteroatoms. The van der Waals surface area contributed by atoms with Crippen molar-refractivity contribution >= 4 is 5.97 Å². The van der Waals surface area contributed by atoms with Crippen LogP contribution in [0.4, 0.5) is 0 Å². The van der Waals surface area contributed by atoms with E-state index in [1.165, 1.54) is 18.4 Å². The maximum Gasteiger partial charge on any atom is 0.306 e. The second-order valence-corrected chi connectivity index (χ2v) is 8.88. The molecule has 4 atom stereocenters. The molecule has 0 aromatic heterocycles. The van der Waals surface area contributed by atoms with E-state index in [1.807, 2.05) is 6.07 Å². The van der Waals surface area contributed by atoms with Gasteiger partial charge in [0.1, 0.15) is 5.75 Å². The minimum Gasteiger partial charge on any atom is -0.497 e. The molecule has 3 aliphatic carbocycles. The Morgan fingerprint density at radius 3 is 2.85 bits per heavy atom. The number of hydrogen-bond acceptors (Lipinski definition) is 4. The van der Waals surface area contributed by atoms with Gasteiger partial charge in [0.2, 0.25) is 0 Å². The van der Waals surface area contributed by atoms with E-state index in [-0.39, 0.29) is 6.04 Å². The molecular weight excluding hydrogens is 330 g/mol. The van der Waals surface area contributed by atoms with E-state index < -0.39 is 22.9 Å². The number of piperidine rings is 1. The van der Waals surface area contributed by atoms with Gasteiger partial charge in [-0.15, -0.1) is 0 Å². The zero-order valence-electron chi connectivity index (χ0n) is 15.3. The number of hydrogen-bond donors (Lipinski definition) is 2. The molecule has 0 amide bonds. The molecule has 26 heavy (non-hydrogen) atoms. The van der Waals surface area contributed by atoms with E-state index >= 15 is 0 Å². The number of aliphatic hydroxyl groups is 1. The van der Waals surface area contributed by atoms with Gasteiger partial charge in [-0.25, -0.2) is 0 Å². The number of fused-ring (bicyclic) bond motifs is 1. The van der Waals surface area contributed by atoms with Gasteiger partial charge in [0.25, 0.3) is 0 Å². The number of rotatable bonds is 4. The van der Waals surface area contributed by atoms with E-state index in [2.05, 4.69) is 17.0 Å². The minimum atomic E-state index is -0.956. The molecular formula is C21H27NO4. The predicted octanol–water partition coefficient (Wildman–Crippen LogP) is 2.20. The number of carbonyl (C=O) groups is 1. The highest BCUT2D eigenvalue weighted by molar-refractivity contribution is 5.72. The van der Waals surface area contributed by atoms with Gasteiger partial charge in [0.05, 0.1) is 18.6 Å². The van der Waals surface area contributed by atoms with Crippen molar-refractivity contribution in [2.75, 3.05) is 20.2 Å². The van der Waals surface area contributed by atoms with E-state index in [0.717, 1.165) is 43.2 Å². The molecule has 1 aliphatic heterocycles. The van der Waals surface area contributed by atoms with Gasteiger partial charge in [-0.1, -0.05) is 6.07 Å². The summed E-state index contributed by atoms with van der Waals surface area (Å²) in [6, 6.07) is 6.20. The van der Waals surface area contributed by atoms with Crippen LogP contribution in [0, 0.1) is 11.8 Å². The molecule has 0 radical (unpaired) electrons. The lowest BCUT2D eigenvalue weighted by molar-refractivity contribution is -0.144. The van der Waals surface area contributed by atoms with Crippen LogP contribution in [0.5, 0.6) is 5.75 Å². The number of likely N-dealkylation sites (tertiary alicyclic amines) is 1. The van der Waals surface area contributed by atoms with Gasteiger partial charge in [0, 0.05) is 18.0 Å². The third kappa shape index (κ3) is 2.13. The van der Waals surface area contributed by atoms with Crippen molar-refractivity contribution in [3.8, 4) is 5.75 Å². The smallest absolute Gasteiger partial charge is 0.306 e. The molecule has 1 saturated heterocycles. The Balaban J connectivity index is 1.63. The first-order valence-corrected chi connectivity index (χ1v) is 9.83. The average molecular weight is 357 g/mol. The molecule has 140 valence electrons. The van der Waals surface area contributed by atoms with E-state index in [0.29, 0.717) is 12.8 Å². The Kier molecular flexibility index (Phi) is 3.48. The zero-order chi connectivity index (χ0) is 18.1. The number of methoxy groups -OCH3 is 1. The second kappa shape index (κ2) is 5.46. The highest BCUT2D eigenvalue weighted by Gasteiger charge is 2.68. The van der Waals surface area contributed by atoms with Crippen LogP contribution in [0.1, 0.15) is 43.2 Å². The summed E-state index contributed by atoms with van der Waals surface area (Å²) in [7, 11) is 1.66. The van der Waals surface area contributed by atoms with Crippen LogP contribution in [0.2, 0.25) is 0 Å². The summed E-state index contributed by atoms with van der Waals surface area (Å²) in [6.45, 7) is 2.00. The number of carboxylic acid groups (broad SMARTS) is 1. The molecule has 2 N–H and O–H groups in total. The van der Waals surface area contributed by atoms with Crippen LogP contribution in [0.25, 0.3) is 0 Å². The molecule has 4 aliphatic rings. The third-order valence-corrected chi connectivity index (χ3v) is 7.58. The summed E-state index contributed by atoms with van der Waals surface area (Å²) in [5, 5.41) is 21.7. The van der Waals surface area contributed by atoms with Gasteiger partial charge in [-0.2, -0.15) is 0 Å². The maximum atomic E-state index is 12.0. The predicted molar refractivity (Wildman–Crippen MR) is 96.4 cm³/mol. The summed E-state index contributed by atoms with van der Waals surface area (Å²) < 4.78 is 5.44. The highest BCUT2D eigenvalue weighted by Crippen LogP contribution is 2.62. The van der Waals surface area contributed by atoms with Crippen LogP contribution >= 0.6 is 0 Å². The Bertz CT molecular complexity index is 760. The number of nitrogens with zero attached hydrogens (tertiary/aromatic N) is 1. The fourth-order valence-corrected chi connectivity index (χ4v) is 6.12. The van der Waals surface area contributed by atoms with Gasteiger partial charge < -0.3 is 14.9 Å². The molecule has 5 rings (SSSR count). The van der Waals surface area contributed by atoms with E-state index in [1.54, 1.807) is 7.11 Å². The fourth-order valence-electron chi connectivity index (χ4n) is 6.12. The lowest BCUT2D eigenvalue weighted by Crippen LogP contribution is -2.69. The summed E-state index contributed by atoms with van der Waals surface area (Å²) >= 11 is 0. The van der Waals surface area contributed by atoms with Crippen molar-refractivity contribution in [3.63, 3.8) is 0 Å². The summed E-state index contributed by atoms with van der Waals surface area (Å²) in [4.78, 5) is 14.3. The lowest BCUT2D eigenvalue weighted by Gasteiger charge is -2.59. The van der Waals surface area contributed by atoms with Gasteiger partial charge >= 0.3 is 5.97 Å². The Labute approximate surface area is 154 Å². The SMILES string of the molecule is COc1ccc2c(c1)[C@]13CCN(CC4CC4)[C@H](C2)[C@]1(O)C[C@H](C(=O)O)C3. The van der Waals surface area contributed by atoms with Crippen LogP contribution in [-0.4, -0.2) is 52.9 Å². The molecule has 5 nitrogen and oxygen atoms in total. The number of ether oxygens (including phenoxy) is 1. The standard InChI is InChI=1S/C21H27NO4/c1-26-16-5-4-14-8-18-21(25)11-15(19(23)24)10-20(21,17(14)9-16)6-7-22(18)12-13-2-3-13/h4-5,9,13,15,18,25H,2-3,6-8,10-12H2,1H3,(H,23,24)/t15-,18-,20-,21-/m1/s1. The number of carboxylic acids is 1. The van der Waals surface area contributed by atoms with Crippen molar-refractivity contribution in [1.29, 1.82) is 0 Å². The van der Waals surface area contributed by atoms with Crippen molar-refractivity contribution in [2.45, 2.75) is 55.6 Å². The highest BCUT2D eigenvalue weighted by atomic mass is 16.5. The largest absolute Gasteiger partial charge is 0.497 e. The normalized spacial score (nSPS) is 38.5. The van der Waals surface area contributed by atoms with E-state index in [9.17, 15) is 15.0 Å². The topological polar surface area (TPSA) is 70.0 Å². The monoisotopic (exact) mass is 357 g/mol. The minimum absolute atomic E-state index is 0.0297. The van der Waals surface area contributed by atoms with Crippen molar-refractivity contribution in [1.82, 2.24) is 4.90 Å². The van der Waals surface area contributed by atoms with Gasteiger partial charge in [0.15, 0.2) is 0 Å². The summed E-state index contributed by atoms with van der Waals surface area (Å²) in [5.41, 5.74) is 0.975. The maximum absolute atomic E-state index is 12.0. The van der Waals surface area contributed by atoms with Crippen LogP contribution < -0.4 is 4.74 Å². The molecule has 2 saturated carbocycles. The Hall–Kier alpha value is -1.59. The molecule has 2 bridgehead atoms. The van der Waals surface area contributed by atoms with Crippen molar-refractivity contribution in [3.05, 3.63) is 29.3 Å². The van der Waals surface area contributed by atoms with Gasteiger partial charge in [-0.3, -0.25) is 9.69 Å². The molecule has 1 heterocycles. The average Bonchev–Trinajstić information content (AvgIpc) is 3.36. The Morgan fingerprint density at radius 1 is 1.35 bits per heavy atom. The first-order chi connectivity index (χ1) is 12.5. The second-order valence-electron chi connectivity index (χ2n) is 8.88. The molecule has 3 fully saturated rings. The number of aliphatic carboxylic acids is 1. The summed E-state index contributed by atoms with van der Waals surface area (Å²) in [5.74, 6) is 0.310. The lowest BCUT2D eigenvalue weighted by atomic mass is 9.56. The third-order valence-electron chi connectivity index (χ3n) is 7.58. The zero-order valence-corrected chi connectivity index (χ0v) is 15.3. The van der Waals surface area contributed by atoms with Crippen LogP contribution in [0.15, 0.2) is 18.2 Å². The summed E-state index contributed by atoms with van der Waals surface area (Å²) in [6.07, 6.45) is 5.11. The fraction of sp³-hybridized carbons (Fsp3) is 0.667.